The van der Waals surface area contributed by atoms with Crippen LogP contribution in [-0.4, -0.2) is 30.6 Å². The van der Waals surface area contributed by atoms with Gasteiger partial charge in [-0.15, -0.1) is 0 Å². The number of fused-ring (bicyclic) bond motifs is 1. The van der Waals surface area contributed by atoms with E-state index in [0.717, 1.165) is 10.9 Å². The normalized spacial score (nSPS) is 17.5. The number of amides is 1. The molecule has 24 heavy (non-hydrogen) atoms. The Kier molecular flexibility index (Phi) is 3.46. The molecule has 1 aliphatic heterocycles. The number of nitrogens with zero attached hydrogens (tertiary/aromatic N) is 2. The van der Waals surface area contributed by atoms with Crippen LogP contribution in [0.1, 0.15) is 0 Å². The summed E-state index contributed by atoms with van der Waals surface area (Å²) in [6, 6.07) is 14.4. The van der Waals surface area contributed by atoms with Crippen molar-refractivity contribution < 1.29 is 18.7 Å². The first-order valence-electron chi connectivity index (χ1n) is 7.54. The summed E-state index contributed by atoms with van der Waals surface area (Å²) < 4.78 is 26.5. The van der Waals surface area contributed by atoms with Crippen LogP contribution in [0.4, 0.5) is 14.9 Å². The fourth-order valence-electron chi connectivity index (χ4n) is 2.92. The minimum atomic E-state index is -0.631. The Hall–Kier alpha value is -2.86. The summed E-state index contributed by atoms with van der Waals surface area (Å²) in [4.78, 5) is 13.2. The highest BCUT2D eigenvalue weighted by Crippen LogP contribution is 2.27. The lowest BCUT2D eigenvalue weighted by molar-refractivity contribution is -0.0488. The SMILES string of the molecule is COC1CN(c2ccc(-n3ccc4ccccc43)c(F)c2)C(=O)O1. The maximum absolute atomic E-state index is 14.7. The number of carbonyl (C=O) groups is 1. The second kappa shape index (κ2) is 5.65. The van der Waals surface area contributed by atoms with Crippen molar-refractivity contribution in [2.75, 3.05) is 18.6 Å². The predicted molar refractivity (Wildman–Crippen MR) is 87.9 cm³/mol. The van der Waals surface area contributed by atoms with Crippen LogP contribution in [0.3, 0.4) is 0 Å². The monoisotopic (exact) mass is 326 g/mol. The molecule has 2 heterocycles. The molecule has 1 aromatic heterocycles. The smallest absolute Gasteiger partial charge is 0.416 e. The van der Waals surface area contributed by atoms with Gasteiger partial charge in [-0.25, -0.2) is 9.18 Å². The second-order valence-corrected chi connectivity index (χ2v) is 5.54. The summed E-state index contributed by atoms with van der Waals surface area (Å²) in [6.45, 7) is 0.237. The Labute approximate surface area is 137 Å². The lowest BCUT2D eigenvalue weighted by atomic mass is 10.2. The molecule has 0 saturated carbocycles. The number of carbonyl (C=O) groups excluding carboxylic acids is 1. The Bertz CT molecular complexity index is 922. The van der Waals surface area contributed by atoms with E-state index >= 15 is 0 Å². The maximum atomic E-state index is 14.7. The molecule has 0 spiro atoms. The van der Waals surface area contributed by atoms with E-state index in [1.165, 1.54) is 18.1 Å². The number of ether oxygens (including phenoxy) is 2. The van der Waals surface area contributed by atoms with Crippen LogP contribution in [-0.2, 0) is 9.47 Å². The number of methoxy groups -OCH3 is 1. The molecule has 2 aromatic carbocycles. The lowest BCUT2D eigenvalue weighted by Crippen LogP contribution is -2.25. The molecule has 0 aliphatic carbocycles. The van der Waals surface area contributed by atoms with Gasteiger partial charge in [-0.05, 0) is 35.7 Å². The summed E-state index contributed by atoms with van der Waals surface area (Å²) in [5, 5.41) is 1.03. The van der Waals surface area contributed by atoms with Crippen LogP contribution in [0.2, 0.25) is 0 Å². The van der Waals surface area contributed by atoms with Crippen molar-refractivity contribution in [3.05, 3.63) is 60.5 Å². The summed E-state index contributed by atoms with van der Waals surface area (Å²) in [7, 11) is 1.46. The van der Waals surface area contributed by atoms with Gasteiger partial charge in [-0.3, -0.25) is 4.90 Å². The molecule has 0 N–H and O–H groups in total. The van der Waals surface area contributed by atoms with E-state index in [1.54, 1.807) is 16.7 Å². The molecule has 1 unspecified atom stereocenters. The zero-order valence-electron chi connectivity index (χ0n) is 13.0. The number of aromatic nitrogens is 1. The molecule has 1 aliphatic rings. The average Bonchev–Trinajstić information content (AvgIpc) is 3.18. The molecule has 0 bridgehead atoms. The number of anilines is 1. The van der Waals surface area contributed by atoms with Crippen LogP contribution < -0.4 is 4.90 Å². The molecule has 0 radical (unpaired) electrons. The summed E-state index contributed by atoms with van der Waals surface area (Å²) in [5.74, 6) is -0.414. The zero-order chi connectivity index (χ0) is 16.7. The molecule has 1 fully saturated rings. The highest BCUT2D eigenvalue weighted by Gasteiger charge is 2.32. The molecule has 1 saturated heterocycles. The number of benzene rings is 2. The largest absolute Gasteiger partial charge is 0.417 e. The number of para-hydroxylation sites is 1. The van der Waals surface area contributed by atoms with E-state index in [-0.39, 0.29) is 6.54 Å². The van der Waals surface area contributed by atoms with Crippen LogP contribution in [0.15, 0.2) is 54.7 Å². The molecular weight excluding hydrogens is 311 g/mol. The summed E-state index contributed by atoms with van der Waals surface area (Å²) >= 11 is 0. The molecule has 6 heteroatoms. The van der Waals surface area contributed by atoms with Crippen LogP contribution in [0.5, 0.6) is 0 Å². The predicted octanol–water partition coefficient (Wildman–Crippen LogP) is 3.70. The molecule has 1 atom stereocenters. The van der Waals surface area contributed by atoms with Crippen molar-refractivity contribution in [1.82, 2.24) is 4.57 Å². The van der Waals surface area contributed by atoms with Crippen molar-refractivity contribution in [2.45, 2.75) is 6.29 Å². The highest BCUT2D eigenvalue weighted by molar-refractivity contribution is 5.90. The number of cyclic esters (lactones) is 1. The number of hydrogen-bond donors (Lipinski definition) is 0. The Morgan fingerprint density at radius 1 is 1.21 bits per heavy atom. The van der Waals surface area contributed by atoms with E-state index < -0.39 is 18.2 Å². The second-order valence-electron chi connectivity index (χ2n) is 5.54. The van der Waals surface area contributed by atoms with Crippen molar-refractivity contribution >= 4 is 22.7 Å². The van der Waals surface area contributed by atoms with Gasteiger partial charge < -0.3 is 14.0 Å². The first-order valence-corrected chi connectivity index (χ1v) is 7.54. The fraction of sp³-hybridized carbons (Fsp3) is 0.167. The van der Waals surface area contributed by atoms with Crippen molar-refractivity contribution in [2.24, 2.45) is 0 Å². The molecule has 122 valence electrons. The van der Waals surface area contributed by atoms with E-state index in [9.17, 15) is 9.18 Å². The third kappa shape index (κ3) is 2.32. The standard InChI is InChI=1S/C18H15FN2O3/c1-23-17-11-21(18(22)24-17)13-6-7-16(14(19)10-13)20-9-8-12-4-2-3-5-15(12)20/h2-10,17H,11H2,1H3. The van der Waals surface area contributed by atoms with Crippen LogP contribution in [0.25, 0.3) is 16.6 Å². The Morgan fingerprint density at radius 3 is 2.79 bits per heavy atom. The van der Waals surface area contributed by atoms with Gasteiger partial charge >= 0.3 is 6.09 Å². The molecular formula is C18H15FN2O3. The topological polar surface area (TPSA) is 43.7 Å². The van der Waals surface area contributed by atoms with Gasteiger partial charge in [0.1, 0.15) is 5.82 Å². The highest BCUT2D eigenvalue weighted by atomic mass is 19.1. The van der Waals surface area contributed by atoms with E-state index in [2.05, 4.69) is 0 Å². The molecule has 5 nitrogen and oxygen atoms in total. The van der Waals surface area contributed by atoms with E-state index in [1.807, 2.05) is 36.5 Å². The Balaban J connectivity index is 1.71. The Morgan fingerprint density at radius 2 is 2.04 bits per heavy atom. The van der Waals surface area contributed by atoms with Crippen LogP contribution >= 0.6 is 0 Å². The van der Waals surface area contributed by atoms with Gasteiger partial charge in [-0.2, -0.15) is 0 Å². The average molecular weight is 326 g/mol. The zero-order valence-corrected chi connectivity index (χ0v) is 13.0. The van der Waals surface area contributed by atoms with Gasteiger partial charge in [0.2, 0.25) is 6.29 Å². The van der Waals surface area contributed by atoms with Gasteiger partial charge in [0.15, 0.2) is 0 Å². The first-order chi connectivity index (χ1) is 11.7. The lowest BCUT2D eigenvalue weighted by Gasteiger charge is -2.14. The number of hydrogen-bond acceptors (Lipinski definition) is 3. The minimum absolute atomic E-state index is 0.237. The van der Waals surface area contributed by atoms with Gasteiger partial charge in [-0.1, -0.05) is 18.2 Å². The van der Waals surface area contributed by atoms with Crippen molar-refractivity contribution in [3.8, 4) is 5.69 Å². The van der Waals surface area contributed by atoms with Crippen molar-refractivity contribution in [3.63, 3.8) is 0 Å². The summed E-state index contributed by atoms with van der Waals surface area (Å²) in [5.41, 5.74) is 1.79. The third-order valence-corrected chi connectivity index (χ3v) is 4.15. The number of rotatable bonds is 3. The summed E-state index contributed by atoms with van der Waals surface area (Å²) in [6.07, 6.45) is 0.655. The fourth-order valence-corrected chi connectivity index (χ4v) is 2.92. The van der Waals surface area contributed by atoms with Crippen molar-refractivity contribution in [1.29, 1.82) is 0 Å². The molecule has 1 amide bonds. The van der Waals surface area contributed by atoms with Crippen LogP contribution in [0, 0.1) is 5.82 Å². The van der Waals surface area contributed by atoms with E-state index in [0.29, 0.717) is 11.4 Å². The molecule has 3 aromatic rings. The number of halogens is 1. The maximum Gasteiger partial charge on any atom is 0.416 e. The van der Waals surface area contributed by atoms with Gasteiger partial charge in [0.05, 0.1) is 23.4 Å². The first kappa shape index (κ1) is 14.7. The third-order valence-electron chi connectivity index (χ3n) is 4.15. The molecule has 4 rings (SSSR count). The minimum Gasteiger partial charge on any atom is -0.417 e. The quantitative estimate of drug-likeness (QED) is 0.737. The van der Waals surface area contributed by atoms with Gasteiger partial charge in [0, 0.05) is 13.3 Å². The van der Waals surface area contributed by atoms with E-state index in [4.69, 9.17) is 9.47 Å². The van der Waals surface area contributed by atoms with Gasteiger partial charge in [0.25, 0.3) is 0 Å².